The molecule has 3 rings (SSSR count). The van der Waals surface area contributed by atoms with Gasteiger partial charge in [-0.3, -0.25) is 4.79 Å². The van der Waals surface area contributed by atoms with Crippen molar-refractivity contribution in [3.8, 4) is 0 Å². The van der Waals surface area contributed by atoms with Crippen LogP contribution in [0, 0.1) is 6.92 Å². The Morgan fingerprint density at radius 3 is 2.92 bits per heavy atom. The molecule has 1 aliphatic rings. The third-order valence-corrected chi connectivity index (χ3v) is 6.92. The Hall–Kier alpha value is -1.74. The molecular formula is C18H22N2O4S2. The molecule has 1 aliphatic heterocycles. The lowest BCUT2D eigenvalue weighted by Gasteiger charge is -2.27. The van der Waals surface area contributed by atoms with Crippen molar-refractivity contribution >= 4 is 27.3 Å². The van der Waals surface area contributed by atoms with Crippen LogP contribution in [0.3, 0.4) is 0 Å². The molecule has 0 radical (unpaired) electrons. The summed E-state index contributed by atoms with van der Waals surface area (Å²) in [6, 6.07) is 6.72. The van der Waals surface area contributed by atoms with Crippen LogP contribution in [0.1, 0.15) is 26.4 Å². The van der Waals surface area contributed by atoms with Crippen molar-refractivity contribution in [2.45, 2.75) is 24.8 Å². The molecule has 0 saturated heterocycles. The van der Waals surface area contributed by atoms with Crippen molar-refractivity contribution in [1.29, 1.82) is 0 Å². The highest BCUT2D eigenvalue weighted by molar-refractivity contribution is 7.89. The predicted octanol–water partition coefficient (Wildman–Crippen LogP) is 2.18. The van der Waals surface area contributed by atoms with Gasteiger partial charge in [0.25, 0.3) is 5.91 Å². The molecule has 2 heterocycles. The second kappa shape index (κ2) is 7.87. The largest absolute Gasteiger partial charge is 0.383 e. The average Bonchev–Trinajstić information content (AvgIpc) is 3.09. The van der Waals surface area contributed by atoms with E-state index >= 15 is 0 Å². The quantitative estimate of drug-likeness (QED) is 0.762. The lowest BCUT2D eigenvalue weighted by molar-refractivity contribution is 0.0735. The van der Waals surface area contributed by atoms with Gasteiger partial charge in [0.15, 0.2) is 0 Å². The van der Waals surface area contributed by atoms with Gasteiger partial charge in [-0.05, 0) is 48.1 Å². The maximum Gasteiger partial charge on any atom is 0.254 e. The van der Waals surface area contributed by atoms with E-state index in [2.05, 4.69) is 4.72 Å². The molecule has 0 atom stereocenters. The monoisotopic (exact) mass is 394 g/mol. The Labute approximate surface area is 157 Å². The number of rotatable bonds is 6. The van der Waals surface area contributed by atoms with Gasteiger partial charge in [0, 0.05) is 37.2 Å². The van der Waals surface area contributed by atoms with Crippen LogP contribution in [-0.4, -0.2) is 46.0 Å². The number of sulfonamides is 1. The molecule has 0 saturated carbocycles. The third-order valence-electron chi connectivity index (χ3n) is 4.44. The molecule has 140 valence electrons. The van der Waals surface area contributed by atoms with Gasteiger partial charge >= 0.3 is 0 Å². The lowest BCUT2D eigenvalue weighted by Crippen LogP contribution is -2.36. The smallest absolute Gasteiger partial charge is 0.254 e. The molecule has 26 heavy (non-hydrogen) atoms. The Balaban J connectivity index is 1.83. The fourth-order valence-corrected chi connectivity index (χ4v) is 4.88. The molecule has 1 aromatic carbocycles. The van der Waals surface area contributed by atoms with Gasteiger partial charge in [0.2, 0.25) is 10.0 Å². The van der Waals surface area contributed by atoms with Crippen LogP contribution in [0.5, 0.6) is 0 Å². The molecule has 1 N–H and O–H groups in total. The summed E-state index contributed by atoms with van der Waals surface area (Å²) in [7, 11) is -2.17. The fourth-order valence-electron chi connectivity index (χ4n) is 2.95. The molecule has 8 heteroatoms. The SMILES string of the molecule is COCCNS(=O)(=O)c1ccc(C)c(C(=O)N2CCc3sccc3C2)c1. The zero-order valence-electron chi connectivity index (χ0n) is 14.8. The fraction of sp³-hybridized carbons (Fsp3) is 0.389. The third kappa shape index (κ3) is 3.98. The first-order valence-corrected chi connectivity index (χ1v) is 10.7. The summed E-state index contributed by atoms with van der Waals surface area (Å²) in [5.41, 5.74) is 2.37. The number of fused-ring (bicyclic) bond motifs is 1. The van der Waals surface area contributed by atoms with E-state index in [-0.39, 0.29) is 24.0 Å². The van der Waals surface area contributed by atoms with Crippen molar-refractivity contribution in [2.75, 3.05) is 26.8 Å². The average molecular weight is 395 g/mol. The van der Waals surface area contributed by atoms with Crippen LogP contribution < -0.4 is 4.72 Å². The van der Waals surface area contributed by atoms with Gasteiger partial charge in [-0.2, -0.15) is 0 Å². The van der Waals surface area contributed by atoms with Gasteiger partial charge in [-0.1, -0.05) is 6.07 Å². The highest BCUT2D eigenvalue weighted by Crippen LogP contribution is 2.26. The van der Waals surface area contributed by atoms with Crippen molar-refractivity contribution in [1.82, 2.24) is 9.62 Å². The summed E-state index contributed by atoms with van der Waals surface area (Å²) in [6.45, 7) is 3.51. The zero-order valence-corrected chi connectivity index (χ0v) is 16.5. The maximum atomic E-state index is 13.0. The summed E-state index contributed by atoms with van der Waals surface area (Å²) in [4.78, 5) is 16.2. The number of benzene rings is 1. The molecule has 0 unspecified atom stereocenters. The number of ether oxygens (including phenoxy) is 1. The number of hydrogen-bond donors (Lipinski definition) is 1. The topological polar surface area (TPSA) is 75.7 Å². The molecular weight excluding hydrogens is 372 g/mol. The molecule has 6 nitrogen and oxygen atoms in total. The van der Waals surface area contributed by atoms with Crippen LogP contribution in [-0.2, 0) is 27.7 Å². The van der Waals surface area contributed by atoms with E-state index in [0.29, 0.717) is 18.7 Å². The van der Waals surface area contributed by atoms with Gasteiger partial charge in [0.05, 0.1) is 11.5 Å². The van der Waals surface area contributed by atoms with E-state index in [1.165, 1.54) is 29.7 Å². The predicted molar refractivity (Wildman–Crippen MR) is 101 cm³/mol. The number of aryl methyl sites for hydroxylation is 1. The second-order valence-corrected chi connectivity index (χ2v) is 8.98. The Morgan fingerprint density at radius 1 is 1.35 bits per heavy atom. The van der Waals surface area contributed by atoms with E-state index in [0.717, 1.165) is 12.0 Å². The van der Waals surface area contributed by atoms with Crippen molar-refractivity contribution in [2.24, 2.45) is 0 Å². The zero-order chi connectivity index (χ0) is 18.7. The van der Waals surface area contributed by atoms with Crippen molar-refractivity contribution in [3.05, 3.63) is 51.2 Å². The number of methoxy groups -OCH3 is 1. The standard InChI is InChI=1S/C18H22N2O4S2/c1-13-3-4-15(26(22,23)19-7-9-24-2)11-16(13)18(21)20-8-5-17-14(12-20)6-10-25-17/h3-4,6,10-11,19H,5,7-9,12H2,1-2H3. The number of nitrogens with zero attached hydrogens (tertiary/aromatic N) is 1. The number of hydrogen-bond acceptors (Lipinski definition) is 5. The van der Waals surface area contributed by atoms with E-state index in [1.807, 2.05) is 18.4 Å². The van der Waals surface area contributed by atoms with E-state index in [1.54, 1.807) is 22.3 Å². The summed E-state index contributed by atoms with van der Waals surface area (Å²) in [6.07, 6.45) is 0.842. The second-order valence-electron chi connectivity index (χ2n) is 6.21. The summed E-state index contributed by atoms with van der Waals surface area (Å²) in [5, 5.41) is 2.04. The molecule has 2 aromatic rings. The Bertz CT molecular complexity index is 906. The normalized spacial score (nSPS) is 14.3. The van der Waals surface area contributed by atoms with Crippen LogP contribution in [0.2, 0.25) is 0 Å². The maximum absolute atomic E-state index is 13.0. The summed E-state index contributed by atoms with van der Waals surface area (Å²) in [5.74, 6) is -0.131. The van der Waals surface area contributed by atoms with Gasteiger partial charge in [0.1, 0.15) is 0 Å². The van der Waals surface area contributed by atoms with Crippen LogP contribution >= 0.6 is 11.3 Å². The molecule has 0 bridgehead atoms. The number of carbonyl (C=O) groups is 1. The molecule has 0 aliphatic carbocycles. The minimum absolute atomic E-state index is 0.0933. The minimum Gasteiger partial charge on any atom is -0.383 e. The first-order chi connectivity index (χ1) is 12.4. The molecule has 0 fully saturated rings. The molecule has 0 spiro atoms. The minimum atomic E-state index is -3.67. The van der Waals surface area contributed by atoms with Crippen LogP contribution in [0.25, 0.3) is 0 Å². The van der Waals surface area contributed by atoms with Crippen LogP contribution in [0.15, 0.2) is 34.5 Å². The van der Waals surface area contributed by atoms with E-state index < -0.39 is 10.0 Å². The number of nitrogens with one attached hydrogen (secondary N) is 1. The lowest BCUT2D eigenvalue weighted by atomic mass is 10.0. The molecule has 1 aromatic heterocycles. The van der Waals surface area contributed by atoms with Gasteiger partial charge in [-0.15, -0.1) is 11.3 Å². The number of carbonyl (C=O) groups excluding carboxylic acids is 1. The van der Waals surface area contributed by atoms with E-state index in [9.17, 15) is 13.2 Å². The van der Waals surface area contributed by atoms with Crippen molar-refractivity contribution < 1.29 is 17.9 Å². The van der Waals surface area contributed by atoms with Crippen molar-refractivity contribution in [3.63, 3.8) is 0 Å². The summed E-state index contributed by atoms with van der Waals surface area (Å²) < 4.78 is 32.2. The van der Waals surface area contributed by atoms with Gasteiger partial charge in [-0.25, -0.2) is 13.1 Å². The first kappa shape index (κ1) is 19.0. The highest BCUT2D eigenvalue weighted by atomic mass is 32.2. The first-order valence-electron chi connectivity index (χ1n) is 8.36. The molecule has 1 amide bonds. The number of amides is 1. The highest BCUT2D eigenvalue weighted by Gasteiger charge is 2.25. The Kier molecular flexibility index (Phi) is 5.76. The Morgan fingerprint density at radius 2 is 2.15 bits per heavy atom. The van der Waals surface area contributed by atoms with Gasteiger partial charge < -0.3 is 9.64 Å². The number of thiophene rings is 1. The van der Waals surface area contributed by atoms with E-state index in [4.69, 9.17) is 4.74 Å². The van der Waals surface area contributed by atoms with Crippen LogP contribution in [0.4, 0.5) is 0 Å². The summed E-state index contributed by atoms with van der Waals surface area (Å²) >= 11 is 1.72.